The Balaban J connectivity index is 1.63. The lowest BCUT2D eigenvalue weighted by Crippen LogP contribution is -2.21. The van der Waals surface area contributed by atoms with Crippen molar-refractivity contribution in [1.82, 2.24) is 15.0 Å². The van der Waals surface area contributed by atoms with E-state index in [-0.39, 0.29) is 5.28 Å². The highest BCUT2D eigenvalue weighted by Gasteiger charge is 2.17. The summed E-state index contributed by atoms with van der Waals surface area (Å²) in [5.41, 5.74) is 0. The highest BCUT2D eigenvalue weighted by molar-refractivity contribution is 7.09. The normalized spacial score (nSPS) is 14.8. The van der Waals surface area contributed by atoms with Gasteiger partial charge in [-0.15, -0.1) is 11.3 Å². The van der Waals surface area contributed by atoms with Crippen LogP contribution in [0.3, 0.4) is 0 Å². The molecule has 0 aliphatic carbocycles. The Morgan fingerprint density at radius 2 is 2.10 bits per heavy atom. The monoisotopic (exact) mass is 310 g/mol. The molecule has 3 rings (SSSR count). The first-order valence-electron chi connectivity index (χ1n) is 6.63. The van der Waals surface area contributed by atoms with Gasteiger partial charge in [0.1, 0.15) is 0 Å². The van der Waals surface area contributed by atoms with Crippen LogP contribution in [0.25, 0.3) is 0 Å². The summed E-state index contributed by atoms with van der Waals surface area (Å²) >= 11 is 7.66. The number of aromatic nitrogens is 3. The minimum absolute atomic E-state index is 0.188. The van der Waals surface area contributed by atoms with Crippen molar-refractivity contribution in [2.75, 3.05) is 24.6 Å². The van der Waals surface area contributed by atoms with Crippen LogP contribution in [0.1, 0.15) is 17.7 Å². The zero-order valence-corrected chi connectivity index (χ0v) is 12.5. The molecule has 0 unspecified atom stereocenters. The van der Waals surface area contributed by atoms with Gasteiger partial charge in [0.25, 0.3) is 0 Å². The van der Waals surface area contributed by atoms with Gasteiger partial charge in [-0.25, -0.2) is 0 Å². The molecule has 0 radical (unpaired) electrons. The van der Waals surface area contributed by atoms with Crippen molar-refractivity contribution in [3.05, 3.63) is 27.7 Å². The van der Waals surface area contributed by atoms with Gasteiger partial charge in [0.15, 0.2) is 0 Å². The lowest BCUT2D eigenvalue weighted by Gasteiger charge is -2.15. The van der Waals surface area contributed by atoms with Crippen LogP contribution in [0.4, 0.5) is 5.95 Å². The average Bonchev–Trinajstić information content (AvgIpc) is 3.11. The molecule has 0 bridgehead atoms. The maximum Gasteiger partial charge on any atom is 0.322 e. The molecule has 2 aromatic rings. The van der Waals surface area contributed by atoms with E-state index in [0.29, 0.717) is 18.6 Å². The third kappa shape index (κ3) is 3.37. The number of hydrogen-bond donors (Lipinski definition) is 0. The molecule has 0 atom stereocenters. The van der Waals surface area contributed by atoms with Crippen LogP contribution in [0.15, 0.2) is 17.5 Å². The third-order valence-electron chi connectivity index (χ3n) is 3.12. The largest absolute Gasteiger partial charge is 0.463 e. The topological polar surface area (TPSA) is 51.1 Å². The predicted molar refractivity (Wildman–Crippen MR) is 79.8 cm³/mol. The molecular formula is C13H15ClN4OS. The third-order valence-corrected chi connectivity index (χ3v) is 4.23. The molecule has 0 saturated carbocycles. The molecule has 1 saturated heterocycles. The average molecular weight is 311 g/mol. The number of nitrogens with zero attached hydrogens (tertiary/aromatic N) is 4. The van der Waals surface area contributed by atoms with E-state index < -0.39 is 0 Å². The molecule has 1 aliphatic heterocycles. The van der Waals surface area contributed by atoms with Crippen molar-refractivity contribution in [3.8, 4) is 6.01 Å². The summed E-state index contributed by atoms with van der Waals surface area (Å²) in [6, 6.07) is 4.43. The van der Waals surface area contributed by atoms with Crippen LogP contribution in [-0.4, -0.2) is 34.6 Å². The minimum Gasteiger partial charge on any atom is -0.463 e. The molecule has 2 aromatic heterocycles. The van der Waals surface area contributed by atoms with Crippen molar-refractivity contribution in [3.63, 3.8) is 0 Å². The van der Waals surface area contributed by atoms with E-state index in [9.17, 15) is 0 Å². The van der Waals surface area contributed by atoms with Crippen LogP contribution in [0.2, 0.25) is 5.28 Å². The number of ether oxygens (including phenoxy) is 1. The summed E-state index contributed by atoms with van der Waals surface area (Å²) in [6.45, 7) is 2.48. The van der Waals surface area contributed by atoms with Gasteiger partial charge >= 0.3 is 6.01 Å². The molecule has 0 aromatic carbocycles. The Morgan fingerprint density at radius 3 is 2.85 bits per heavy atom. The summed E-state index contributed by atoms with van der Waals surface area (Å²) in [5, 5.41) is 2.24. The molecule has 0 N–H and O–H groups in total. The van der Waals surface area contributed by atoms with Crippen LogP contribution < -0.4 is 9.64 Å². The van der Waals surface area contributed by atoms with Gasteiger partial charge in [-0.2, -0.15) is 15.0 Å². The summed E-state index contributed by atoms with van der Waals surface area (Å²) in [4.78, 5) is 15.9. The van der Waals surface area contributed by atoms with E-state index in [1.54, 1.807) is 11.3 Å². The second-order valence-corrected chi connectivity index (χ2v) is 5.93. The fourth-order valence-electron chi connectivity index (χ4n) is 2.14. The minimum atomic E-state index is 0.188. The standard InChI is InChI=1S/C13H15ClN4OS/c14-11-15-12(18-6-1-2-7-18)17-13(16-11)19-8-5-10-4-3-9-20-10/h3-4,9H,1-2,5-8H2. The Kier molecular flexibility index (Phi) is 4.32. The maximum atomic E-state index is 5.94. The zero-order chi connectivity index (χ0) is 13.8. The van der Waals surface area contributed by atoms with Crippen molar-refractivity contribution in [2.45, 2.75) is 19.3 Å². The molecule has 20 heavy (non-hydrogen) atoms. The Bertz CT molecular complexity index is 558. The van der Waals surface area contributed by atoms with Gasteiger partial charge in [0.05, 0.1) is 6.61 Å². The summed E-state index contributed by atoms with van der Waals surface area (Å²) in [7, 11) is 0. The summed E-state index contributed by atoms with van der Waals surface area (Å²) in [6.07, 6.45) is 3.18. The first-order chi connectivity index (χ1) is 9.81. The van der Waals surface area contributed by atoms with Crippen molar-refractivity contribution in [1.29, 1.82) is 0 Å². The second kappa shape index (κ2) is 6.37. The van der Waals surface area contributed by atoms with E-state index >= 15 is 0 Å². The molecule has 7 heteroatoms. The van der Waals surface area contributed by atoms with E-state index in [2.05, 4.69) is 31.3 Å². The molecule has 0 amide bonds. The zero-order valence-electron chi connectivity index (χ0n) is 11.0. The van der Waals surface area contributed by atoms with Crippen LogP contribution in [-0.2, 0) is 6.42 Å². The fraction of sp³-hybridized carbons (Fsp3) is 0.462. The Hall–Kier alpha value is -1.40. The van der Waals surface area contributed by atoms with Crippen molar-refractivity contribution < 1.29 is 4.74 Å². The Labute approximate surface area is 126 Å². The number of halogens is 1. The van der Waals surface area contributed by atoms with Gasteiger partial charge in [0.2, 0.25) is 11.2 Å². The van der Waals surface area contributed by atoms with Crippen LogP contribution in [0, 0.1) is 0 Å². The molecule has 1 fully saturated rings. The van der Waals surface area contributed by atoms with E-state index in [4.69, 9.17) is 16.3 Å². The molecular weight excluding hydrogens is 296 g/mol. The molecule has 3 heterocycles. The van der Waals surface area contributed by atoms with E-state index in [1.807, 2.05) is 6.07 Å². The van der Waals surface area contributed by atoms with Gasteiger partial charge in [0, 0.05) is 24.4 Å². The van der Waals surface area contributed by atoms with Gasteiger partial charge < -0.3 is 9.64 Å². The lowest BCUT2D eigenvalue weighted by molar-refractivity contribution is 0.296. The van der Waals surface area contributed by atoms with Crippen molar-refractivity contribution in [2.24, 2.45) is 0 Å². The maximum absolute atomic E-state index is 5.94. The molecule has 1 aliphatic rings. The van der Waals surface area contributed by atoms with Crippen molar-refractivity contribution >= 4 is 28.9 Å². The predicted octanol–water partition coefficient (Wildman–Crippen LogP) is 2.81. The van der Waals surface area contributed by atoms with E-state index in [0.717, 1.165) is 32.4 Å². The second-order valence-electron chi connectivity index (χ2n) is 4.56. The lowest BCUT2D eigenvalue weighted by atomic mass is 10.4. The number of anilines is 1. The first kappa shape index (κ1) is 13.6. The quantitative estimate of drug-likeness (QED) is 0.850. The summed E-state index contributed by atoms with van der Waals surface area (Å²) < 4.78 is 5.59. The molecule has 0 spiro atoms. The molecule has 106 valence electrons. The summed E-state index contributed by atoms with van der Waals surface area (Å²) in [5.74, 6) is 0.619. The molecule has 5 nitrogen and oxygen atoms in total. The SMILES string of the molecule is Clc1nc(OCCc2cccs2)nc(N2CCCC2)n1. The number of hydrogen-bond acceptors (Lipinski definition) is 6. The van der Waals surface area contributed by atoms with Crippen LogP contribution in [0.5, 0.6) is 6.01 Å². The van der Waals surface area contributed by atoms with Gasteiger partial charge in [-0.3, -0.25) is 0 Å². The first-order valence-corrected chi connectivity index (χ1v) is 7.89. The van der Waals surface area contributed by atoms with Gasteiger partial charge in [-0.1, -0.05) is 6.07 Å². The highest BCUT2D eigenvalue weighted by Crippen LogP contribution is 2.19. The highest BCUT2D eigenvalue weighted by atomic mass is 35.5. The number of thiophene rings is 1. The fourth-order valence-corrected chi connectivity index (χ4v) is 2.98. The van der Waals surface area contributed by atoms with Gasteiger partial charge in [-0.05, 0) is 35.9 Å². The van der Waals surface area contributed by atoms with Crippen LogP contribution >= 0.6 is 22.9 Å². The number of rotatable bonds is 5. The Morgan fingerprint density at radius 1 is 1.25 bits per heavy atom. The smallest absolute Gasteiger partial charge is 0.322 e. The van der Waals surface area contributed by atoms with E-state index in [1.165, 1.54) is 4.88 Å².